The molecule has 1 atom stereocenters. The number of aryl methyl sites for hydroxylation is 1. The van der Waals surface area contributed by atoms with Crippen LogP contribution in [0.4, 0.5) is 0 Å². The Morgan fingerprint density at radius 3 is 2.36 bits per heavy atom. The Bertz CT molecular complexity index is 702. The van der Waals surface area contributed by atoms with Crippen LogP contribution in [0.3, 0.4) is 0 Å². The molecule has 1 aliphatic rings. The Hall–Kier alpha value is -1.82. The molecule has 0 saturated carbocycles. The van der Waals surface area contributed by atoms with Crippen LogP contribution in [-0.4, -0.2) is 0 Å². The summed E-state index contributed by atoms with van der Waals surface area (Å²) in [6.07, 6.45) is 5.90. The molecule has 0 aromatic heterocycles. The van der Waals surface area contributed by atoms with E-state index >= 15 is 0 Å². The Morgan fingerprint density at radius 1 is 1.00 bits per heavy atom. The van der Waals surface area contributed by atoms with Crippen molar-refractivity contribution in [2.45, 2.75) is 52.9 Å². The highest BCUT2D eigenvalue weighted by atomic mass is 14.2. The molecule has 114 valence electrons. The van der Waals surface area contributed by atoms with E-state index in [4.69, 9.17) is 0 Å². The van der Waals surface area contributed by atoms with Gasteiger partial charge in [0, 0.05) is 0 Å². The van der Waals surface area contributed by atoms with E-state index in [0.29, 0.717) is 5.92 Å². The highest BCUT2D eigenvalue weighted by Gasteiger charge is 2.18. The maximum Gasteiger partial charge on any atom is -0.00551 e. The van der Waals surface area contributed by atoms with Gasteiger partial charge >= 0.3 is 0 Å². The Labute approximate surface area is 134 Å². The van der Waals surface area contributed by atoms with Crippen LogP contribution in [0.1, 0.15) is 61.8 Å². The fourth-order valence-corrected chi connectivity index (χ4v) is 3.36. The van der Waals surface area contributed by atoms with Crippen LogP contribution in [-0.2, 0) is 6.42 Å². The SMILES string of the molecule is CCC1=Cc2c(-c3ccc(C(C)CC)cc3)ccc(C)c2C1. The van der Waals surface area contributed by atoms with Crippen molar-refractivity contribution in [1.82, 2.24) is 0 Å². The van der Waals surface area contributed by atoms with Gasteiger partial charge in [0.05, 0.1) is 0 Å². The van der Waals surface area contributed by atoms with Crippen LogP contribution in [0.2, 0.25) is 0 Å². The zero-order valence-electron chi connectivity index (χ0n) is 14.2. The molecule has 0 bridgehead atoms. The normalized spacial score (nSPS) is 14.6. The summed E-state index contributed by atoms with van der Waals surface area (Å²) >= 11 is 0. The lowest BCUT2D eigenvalue weighted by Crippen LogP contribution is -1.93. The second kappa shape index (κ2) is 6.12. The lowest BCUT2D eigenvalue weighted by atomic mass is 9.92. The Balaban J connectivity index is 2.03. The first kappa shape index (κ1) is 15.1. The third-order valence-electron chi connectivity index (χ3n) is 5.20. The van der Waals surface area contributed by atoms with Gasteiger partial charge in [-0.05, 0) is 65.5 Å². The number of benzene rings is 2. The maximum absolute atomic E-state index is 2.42. The molecular weight excluding hydrogens is 264 g/mol. The van der Waals surface area contributed by atoms with Crippen LogP contribution >= 0.6 is 0 Å². The molecule has 0 saturated heterocycles. The van der Waals surface area contributed by atoms with Crippen molar-refractivity contribution >= 4 is 6.08 Å². The van der Waals surface area contributed by atoms with Gasteiger partial charge in [-0.3, -0.25) is 0 Å². The van der Waals surface area contributed by atoms with E-state index < -0.39 is 0 Å². The van der Waals surface area contributed by atoms with E-state index in [1.807, 2.05) is 0 Å². The van der Waals surface area contributed by atoms with Gasteiger partial charge in [0.25, 0.3) is 0 Å². The van der Waals surface area contributed by atoms with Crippen molar-refractivity contribution in [2.24, 2.45) is 0 Å². The molecule has 0 heteroatoms. The molecule has 0 fully saturated rings. The van der Waals surface area contributed by atoms with E-state index in [2.05, 4.69) is 70.2 Å². The summed E-state index contributed by atoms with van der Waals surface area (Å²) in [5.41, 5.74) is 10.1. The fourth-order valence-electron chi connectivity index (χ4n) is 3.36. The van der Waals surface area contributed by atoms with E-state index in [9.17, 15) is 0 Å². The van der Waals surface area contributed by atoms with Gasteiger partial charge in [-0.2, -0.15) is 0 Å². The molecule has 0 spiro atoms. The quantitative estimate of drug-likeness (QED) is 0.601. The minimum absolute atomic E-state index is 0.643. The van der Waals surface area contributed by atoms with Crippen molar-refractivity contribution in [3.8, 4) is 11.1 Å². The molecule has 0 nitrogen and oxygen atoms in total. The van der Waals surface area contributed by atoms with Gasteiger partial charge in [-0.1, -0.05) is 68.8 Å². The molecule has 0 aliphatic heterocycles. The number of hydrogen-bond donors (Lipinski definition) is 0. The second-order valence-corrected chi connectivity index (χ2v) is 6.59. The molecule has 0 heterocycles. The maximum atomic E-state index is 2.42. The number of allylic oxidation sites excluding steroid dienone is 1. The fraction of sp³-hybridized carbons (Fsp3) is 0.364. The first-order valence-corrected chi connectivity index (χ1v) is 8.56. The third kappa shape index (κ3) is 2.63. The molecule has 0 radical (unpaired) electrons. The summed E-state index contributed by atoms with van der Waals surface area (Å²) in [5, 5.41) is 0. The van der Waals surface area contributed by atoms with E-state index in [1.54, 1.807) is 5.57 Å². The average molecular weight is 290 g/mol. The molecule has 1 aliphatic carbocycles. The van der Waals surface area contributed by atoms with Crippen LogP contribution in [0, 0.1) is 6.92 Å². The van der Waals surface area contributed by atoms with Crippen LogP contribution < -0.4 is 0 Å². The predicted octanol–water partition coefficient (Wildman–Crippen LogP) is 6.53. The smallest absolute Gasteiger partial charge is 0.00551 e. The van der Waals surface area contributed by atoms with Crippen molar-refractivity contribution in [3.05, 3.63) is 64.2 Å². The highest BCUT2D eigenvalue weighted by molar-refractivity contribution is 5.81. The summed E-state index contributed by atoms with van der Waals surface area (Å²) in [4.78, 5) is 0. The van der Waals surface area contributed by atoms with Gasteiger partial charge in [0.1, 0.15) is 0 Å². The summed E-state index contributed by atoms with van der Waals surface area (Å²) in [6.45, 7) is 9.05. The molecule has 22 heavy (non-hydrogen) atoms. The van der Waals surface area contributed by atoms with Gasteiger partial charge in [0.15, 0.2) is 0 Å². The minimum Gasteiger partial charge on any atom is -0.0654 e. The Morgan fingerprint density at radius 2 is 1.73 bits per heavy atom. The van der Waals surface area contributed by atoms with Crippen molar-refractivity contribution in [3.63, 3.8) is 0 Å². The highest BCUT2D eigenvalue weighted by Crippen LogP contribution is 2.37. The van der Waals surface area contributed by atoms with Gasteiger partial charge in [-0.15, -0.1) is 0 Å². The zero-order valence-corrected chi connectivity index (χ0v) is 14.2. The third-order valence-corrected chi connectivity index (χ3v) is 5.20. The Kier molecular flexibility index (Phi) is 4.20. The van der Waals surface area contributed by atoms with E-state index in [0.717, 1.165) is 12.8 Å². The van der Waals surface area contributed by atoms with E-state index in [-0.39, 0.29) is 0 Å². The molecule has 2 aromatic carbocycles. The molecule has 2 aromatic rings. The monoisotopic (exact) mass is 290 g/mol. The second-order valence-electron chi connectivity index (χ2n) is 6.59. The van der Waals surface area contributed by atoms with Gasteiger partial charge < -0.3 is 0 Å². The number of rotatable bonds is 4. The number of fused-ring (bicyclic) bond motifs is 1. The van der Waals surface area contributed by atoms with Crippen molar-refractivity contribution in [2.75, 3.05) is 0 Å². The topological polar surface area (TPSA) is 0 Å². The number of hydrogen-bond acceptors (Lipinski definition) is 0. The van der Waals surface area contributed by atoms with E-state index in [1.165, 1.54) is 39.8 Å². The largest absolute Gasteiger partial charge is 0.0654 e. The van der Waals surface area contributed by atoms with Crippen LogP contribution in [0.15, 0.2) is 42.0 Å². The van der Waals surface area contributed by atoms with Gasteiger partial charge in [0.2, 0.25) is 0 Å². The zero-order chi connectivity index (χ0) is 15.7. The van der Waals surface area contributed by atoms with Crippen molar-refractivity contribution < 1.29 is 0 Å². The first-order valence-electron chi connectivity index (χ1n) is 8.56. The molecule has 0 amide bonds. The van der Waals surface area contributed by atoms with Crippen LogP contribution in [0.5, 0.6) is 0 Å². The average Bonchev–Trinajstić information content (AvgIpc) is 3.00. The van der Waals surface area contributed by atoms with Gasteiger partial charge in [-0.25, -0.2) is 0 Å². The summed E-state index contributed by atoms with van der Waals surface area (Å²) in [5.74, 6) is 0.643. The molecular formula is C22H26. The molecule has 1 unspecified atom stereocenters. The first-order chi connectivity index (χ1) is 10.6. The predicted molar refractivity (Wildman–Crippen MR) is 97.3 cm³/mol. The van der Waals surface area contributed by atoms with Crippen LogP contribution in [0.25, 0.3) is 17.2 Å². The minimum atomic E-state index is 0.643. The lowest BCUT2D eigenvalue weighted by Gasteiger charge is -2.13. The lowest BCUT2D eigenvalue weighted by molar-refractivity contribution is 0.734. The van der Waals surface area contributed by atoms with Crippen molar-refractivity contribution in [1.29, 1.82) is 0 Å². The summed E-state index contributed by atoms with van der Waals surface area (Å²) < 4.78 is 0. The molecule has 0 N–H and O–H groups in total. The standard InChI is InChI=1S/C22H26/c1-5-15(3)18-8-10-19(11-9-18)20-12-7-16(4)21-13-17(6-2)14-22(20)21/h7-12,14-15H,5-6,13H2,1-4H3. The summed E-state index contributed by atoms with van der Waals surface area (Å²) in [6, 6.07) is 13.8. The summed E-state index contributed by atoms with van der Waals surface area (Å²) in [7, 11) is 0. The molecule has 3 rings (SSSR count).